The maximum absolute atomic E-state index is 5.61. The number of thiazole rings is 2. The van der Waals surface area contributed by atoms with E-state index in [1.807, 2.05) is 19.2 Å². The second kappa shape index (κ2) is 6.02. The number of nitrogens with zero attached hydrogens (tertiary/aromatic N) is 4. The van der Waals surface area contributed by atoms with Crippen LogP contribution in [0.15, 0.2) is 20.4 Å². The van der Waals surface area contributed by atoms with Gasteiger partial charge in [-0.3, -0.25) is 0 Å². The van der Waals surface area contributed by atoms with Crippen LogP contribution in [0.4, 0.5) is 0 Å². The molecule has 0 fully saturated rings. The Kier molecular flexibility index (Phi) is 4.13. The Bertz CT molecular complexity index is 703. The minimum atomic E-state index is 0.581. The van der Waals surface area contributed by atoms with Crippen LogP contribution in [0, 0.1) is 13.8 Å². The normalized spacial score (nSPS) is 11.1. The summed E-state index contributed by atoms with van der Waals surface area (Å²) >= 11 is 4.79. The topological polar surface area (TPSA) is 64.7 Å². The fraction of sp³-hybridized carbons (Fsp3) is 0.333. The molecule has 0 aromatic carbocycles. The SMILES string of the molecule is Cc1nc(CSc2nnc(Cc3csc(C)n3)o2)cs1. The van der Waals surface area contributed by atoms with Gasteiger partial charge >= 0.3 is 0 Å². The highest BCUT2D eigenvalue weighted by Crippen LogP contribution is 2.23. The van der Waals surface area contributed by atoms with Crippen LogP contribution in [-0.4, -0.2) is 20.2 Å². The van der Waals surface area contributed by atoms with Gasteiger partial charge in [-0.25, -0.2) is 9.97 Å². The van der Waals surface area contributed by atoms with Crippen LogP contribution in [0.3, 0.4) is 0 Å². The van der Waals surface area contributed by atoms with Crippen LogP contribution in [-0.2, 0) is 12.2 Å². The van der Waals surface area contributed by atoms with Crippen LogP contribution in [0.2, 0.25) is 0 Å². The molecule has 3 aromatic rings. The predicted molar refractivity (Wildman–Crippen MR) is 80.4 cm³/mol. The van der Waals surface area contributed by atoms with Gasteiger partial charge in [0.05, 0.1) is 27.8 Å². The first kappa shape index (κ1) is 13.7. The molecular weight excluding hydrogens is 312 g/mol. The van der Waals surface area contributed by atoms with Gasteiger partial charge in [-0.1, -0.05) is 11.8 Å². The second-order valence-electron chi connectivity index (χ2n) is 4.14. The van der Waals surface area contributed by atoms with E-state index in [0.29, 0.717) is 17.5 Å². The molecule has 0 saturated heterocycles. The van der Waals surface area contributed by atoms with E-state index < -0.39 is 0 Å². The van der Waals surface area contributed by atoms with Gasteiger partial charge in [0, 0.05) is 16.5 Å². The highest BCUT2D eigenvalue weighted by atomic mass is 32.2. The van der Waals surface area contributed by atoms with Crippen molar-refractivity contribution in [1.29, 1.82) is 0 Å². The van der Waals surface area contributed by atoms with Gasteiger partial charge < -0.3 is 4.42 Å². The van der Waals surface area contributed by atoms with Gasteiger partial charge in [-0.15, -0.1) is 32.9 Å². The molecule has 8 heteroatoms. The highest BCUT2D eigenvalue weighted by Gasteiger charge is 2.10. The maximum atomic E-state index is 5.61. The molecule has 0 N–H and O–H groups in total. The van der Waals surface area contributed by atoms with Gasteiger partial charge in [0.1, 0.15) is 0 Å². The van der Waals surface area contributed by atoms with Crippen LogP contribution in [0.1, 0.15) is 27.3 Å². The van der Waals surface area contributed by atoms with E-state index in [9.17, 15) is 0 Å². The molecule has 3 heterocycles. The first-order chi connectivity index (χ1) is 9.69. The highest BCUT2D eigenvalue weighted by molar-refractivity contribution is 7.98. The lowest BCUT2D eigenvalue weighted by Gasteiger charge is -1.92. The average molecular weight is 324 g/mol. The number of hydrogen-bond donors (Lipinski definition) is 0. The summed E-state index contributed by atoms with van der Waals surface area (Å²) < 4.78 is 5.61. The van der Waals surface area contributed by atoms with Crippen LogP contribution in [0.5, 0.6) is 0 Å². The van der Waals surface area contributed by atoms with Gasteiger partial charge in [-0.05, 0) is 13.8 Å². The number of aryl methyl sites for hydroxylation is 2. The quantitative estimate of drug-likeness (QED) is 0.669. The lowest BCUT2D eigenvalue weighted by Crippen LogP contribution is -1.88. The predicted octanol–water partition coefficient (Wildman–Crippen LogP) is 3.48. The smallest absolute Gasteiger partial charge is 0.276 e. The van der Waals surface area contributed by atoms with Crippen molar-refractivity contribution < 1.29 is 4.42 Å². The van der Waals surface area contributed by atoms with E-state index in [1.54, 1.807) is 22.7 Å². The fourth-order valence-electron chi connectivity index (χ4n) is 1.62. The molecule has 0 radical (unpaired) electrons. The molecule has 20 heavy (non-hydrogen) atoms. The van der Waals surface area contributed by atoms with Crippen LogP contribution in [0.25, 0.3) is 0 Å². The monoisotopic (exact) mass is 324 g/mol. The average Bonchev–Trinajstić information content (AvgIpc) is 3.11. The fourth-order valence-corrected chi connectivity index (χ4v) is 3.63. The van der Waals surface area contributed by atoms with E-state index in [0.717, 1.165) is 27.2 Å². The molecule has 0 amide bonds. The molecule has 3 aromatic heterocycles. The summed E-state index contributed by atoms with van der Waals surface area (Å²) in [5.74, 6) is 1.36. The Morgan fingerprint density at radius 3 is 2.40 bits per heavy atom. The number of thioether (sulfide) groups is 1. The largest absolute Gasteiger partial charge is 0.416 e. The molecular formula is C12H12N4OS3. The van der Waals surface area contributed by atoms with E-state index in [1.165, 1.54) is 11.8 Å². The summed E-state index contributed by atoms with van der Waals surface area (Å²) in [5, 5.41) is 14.9. The van der Waals surface area contributed by atoms with Gasteiger partial charge in [0.25, 0.3) is 5.22 Å². The Morgan fingerprint density at radius 2 is 1.75 bits per heavy atom. The van der Waals surface area contributed by atoms with Crippen molar-refractivity contribution in [3.05, 3.63) is 38.1 Å². The molecule has 0 saturated carbocycles. The minimum absolute atomic E-state index is 0.581. The molecule has 5 nitrogen and oxygen atoms in total. The molecule has 3 rings (SSSR count). The van der Waals surface area contributed by atoms with Gasteiger partial charge in [-0.2, -0.15) is 0 Å². The van der Waals surface area contributed by atoms with E-state index in [2.05, 4.69) is 25.5 Å². The zero-order chi connectivity index (χ0) is 13.9. The van der Waals surface area contributed by atoms with Crippen molar-refractivity contribution in [3.8, 4) is 0 Å². The molecule has 0 aliphatic rings. The van der Waals surface area contributed by atoms with E-state index >= 15 is 0 Å². The summed E-state index contributed by atoms with van der Waals surface area (Å²) in [6.45, 7) is 3.98. The van der Waals surface area contributed by atoms with Crippen molar-refractivity contribution in [1.82, 2.24) is 20.2 Å². The molecule has 0 unspecified atom stereocenters. The van der Waals surface area contributed by atoms with Crippen molar-refractivity contribution in [2.75, 3.05) is 0 Å². The van der Waals surface area contributed by atoms with Crippen molar-refractivity contribution in [2.24, 2.45) is 0 Å². The summed E-state index contributed by atoms with van der Waals surface area (Å²) in [7, 11) is 0. The molecule has 0 bridgehead atoms. The van der Waals surface area contributed by atoms with Crippen molar-refractivity contribution in [2.45, 2.75) is 31.2 Å². The summed E-state index contributed by atoms with van der Waals surface area (Å²) in [6, 6.07) is 0. The number of aromatic nitrogens is 4. The minimum Gasteiger partial charge on any atom is -0.416 e. The third kappa shape index (κ3) is 3.44. The Labute approximate surface area is 128 Å². The molecule has 0 atom stereocenters. The lowest BCUT2D eigenvalue weighted by molar-refractivity contribution is 0.419. The molecule has 0 aliphatic carbocycles. The van der Waals surface area contributed by atoms with E-state index in [-0.39, 0.29) is 0 Å². The van der Waals surface area contributed by atoms with Crippen LogP contribution >= 0.6 is 34.4 Å². The van der Waals surface area contributed by atoms with E-state index in [4.69, 9.17) is 4.42 Å². The van der Waals surface area contributed by atoms with Crippen molar-refractivity contribution >= 4 is 34.4 Å². The summed E-state index contributed by atoms with van der Waals surface area (Å²) in [5.41, 5.74) is 2.02. The standard InChI is InChI=1S/C12H12N4OS3/c1-7-13-9(4-18-7)3-11-15-16-12(17-11)20-6-10-5-19-8(2)14-10/h4-5H,3,6H2,1-2H3. The number of hydrogen-bond acceptors (Lipinski definition) is 8. The van der Waals surface area contributed by atoms with Gasteiger partial charge in [0.2, 0.25) is 5.89 Å². The lowest BCUT2D eigenvalue weighted by atomic mass is 10.3. The second-order valence-corrected chi connectivity index (χ2v) is 7.19. The Balaban J connectivity index is 1.59. The first-order valence-corrected chi connectivity index (χ1v) is 8.71. The first-order valence-electron chi connectivity index (χ1n) is 5.96. The Hall–Kier alpha value is -1.25. The van der Waals surface area contributed by atoms with Crippen molar-refractivity contribution in [3.63, 3.8) is 0 Å². The zero-order valence-corrected chi connectivity index (χ0v) is 13.4. The van der Waals surface area contributed by atoms with Crippen LogP contribution < -0.4 is 0 Å². The maximum Gasteiger partial charge on any atom is 0.276 e. The molecule has 0 aliphatic heterocycles. The zero-order valence-electron chi connectivity index (χ0n) is 11.0. The molecule has 0 spiro atoms. The van der Waals surface area contributed by atoms with Gasteiger partial charge in [0.15, 0.2) is 0 Å². The summed E-state index contributed by atoms with van der Waals surface area (Å²) in [6.07, 6.45) is 0.591. The third-order valence-electron chi connectivity index (χ3n) is 2.46. The molecule has 104 valence electrons. The third-order valence-corrected chi connectivity index (χ3v) is 4.95. The Morgan fingerprint density at radius 1 is 1.05 bits per heavy atom. The summed E-state index contributed by atoms with van der Waals surface area (Å²) in [4.78, 5) is 8.79. The number of rotatable bonds is 5.